The summed E-state index contributed by atoms with van der Waals surface area (Å²) in [7, 11) is 1.70. The zero-order valence-corrected chi connectivity index (χ0v) is 13.0. The molecule has 6 heteroatoms. The van der Waals surface area contributed by atoms with Crippen molar-refractivity contribution in [2.75, 3.05) is 13.6 Å². The van der Waals surface area contributed by atoms with Crippen molar-refractivity contribution in [3.05, 3.63) is 22.4 Å². The van der Waals surface area contributed by atoms with Crippen LogP contribution in [0.4, 0.5) is 4.79 Å². The monoisotopic (exact) mass is 298 g/mol. The number of urea groups is 1. The van der Waals surface area contributed by atoms with E-state index in [-0.39, 0.29) is 12.6 Å². The van der Waals surface area contributed by atoms with E-state index in [9.17, 15) is 14.7 Å². The molecule has 0 unspecified atom stereocenters. The molecule has 1 aromatic heterocycles. The normalized spacial score (nSPS) is 11.2. The molecule has 1 heterocycles. The molecule has 0 aliphatic rings. The lowest BCUT2D eigenvalue weighted by atomic mass is 9.82. The molecule has 0 aliphatic heterocycles. The van der Waals surface area contributed by atoms with Crippen molar-refractivity contribution in [3.63, 3.8) is 0 Å². The maximum atomic E-state index is 12.0. The van der Waals surface area contributed by atoms with Gasteiger partial charge in [-0.25, -0.2) is 4.79 Å². The Morgan fingerprint density at radius 3 is 2.50 bits per heavy atom. The van der Waals surface area contributed by atoms with Crippen LogP contribution in [-0.4, -0.2) is 35.6 Å². The molecule has 0 saturated heterocycles. The number of rotatable bonds is 7. The molecule has 112 valence electrons. The number of nitrogens with one attached hydrogen (secondary N) is 1. The fraction of sp³-hybridized carbons (Fsp3) is 0.571. The second-order valence-electron chi connectivity index (χ2n) is 4.94. The quantitative estimate of drug-likeness (QED) is 0.813. The van der Waals surface area contributed by atoms with Gasteiger partial charge in [-0.05, 0) is 35.2 Å². The third-order valence-corrected chi connectivity index (χ3v) is 4.46. The Morgan fingerprint density at radius 2 is 2.05 bits per heavy atom. The lowest BCUT2D eigenvalue weighted by Gasteiger charge is -2.28. The molecule has 0 aromatic carbocycles. The minimum absolute atomic E-state index is 0.155. The molecule has 2 amide bonds. The molecular weight excluding hydrogens is 276 g/mol. The number of hydrogen-bond donors (Lipinski definition) is 2. The van der Waals surface area contributed by atoms with Gasteiger partial charge in [0.1, 0.15) is 0 Å². The zero-order valence-electron chi connectivity index (χ0n) is 12.2. The Kier molecular flexibility index (Phi) is 6.01. The van der Waals surface area contributed by atoms with E-state index >= 15 is 0 Å². The third-order valence-electron chi connectivity index (χ3n) is 3.73. The van der Waals surface area contributed by atoms with E-state index in [1.165, 1.54) is 0 Å². The van der Waals surface area contributed by atoms with Crippen LogP contribution in [0.15, 0.2) is 16.8 Å². The van der Waals surface area contributed by atoms with E-state index in [1.54, 1.807) is 23.3 Å². The summed E-state index contributed by atoms with van der Waals surface area (Å²) in [6, 6.07) is 1.72. The minimum Gasteiger partial charge on any atom is -0.481 e. The number of aliphatic carboxylic acids is 1. The van der Waals surface area contributed by atoms with E-state index in [2.05, 4.69) is 5.32 Å². The number of carboxylic acids is 1. The number of carbonyl (C=O) groups excluding carboxylic acids is 1. The van der Waals surface area contributed by atoms with Crippen LogP contribution in [0.5, 0.6) is 0 Å². The molecule has 0 atom stereocenters. The van der Waals surface area contributed by atoms with Gasteiger partial charge in [0.15, 0.2) is 0 Å². The molecule has 0 saturated carbocycles. The molecule has 0 radical (unpaired) electrons. The molecule has 1 rings (SSSR count). The van der Waals surface area contributed by atoms with Crippen LogP contribution in [0.25, 0.3) is 0 Å². The Balaban J connectivity index is 2.55. The van der Waals surface area contributed by atoms with Gasteiger partial charge in [-0.3, -0.25) is 4.79 Å². The summed E-state index contributed by atoms with van der Waals surface area (Å²) < 4.78 is 0. The van der Waals surface area contributed by atoms with E-state index in [0.717, 1.165) is 5.56 Å². The van der Waals surface area contributed by atoms with E-state index in [1.807, 2.05) is 30.7 Å². The summed E-state index contributed by atoms with van der Waals surface area (Å²) in [6.07, 6.45) is 0.987. The first-order chi connectivity index (χ1) is 9.45. The molecule has 2 N–H and O–H groups in total. The number of carbonyl (C=O) groups is 2. The minimum atomic E-state index is -0.876. The first kappa shape index (κ1) is 16.5. The lowest BCUT2D eigenvalue weighted by molar-refractivity contribution is -0.149. The largest absolute Gasteiger partial charge is 0.481 e. The van der Waals surface area contributed by atoms with Gasteiger partial charge in [0.2, 0.25) is 0 Å². The van der Waals surface area contributed by atoms with Crippen LogP contribution in [-0.2, 0) is 11.3 Å². The fourth-order valence-corrected chi connectivity index (χ4v) is 2.65. The van der Waals surface area contributed by atoms with Gasteiger partial charge in [-0.15, -0.1) is 0 Å². The highest BCUT2D eigenvalue weighted by Crippen LogP contribution is 2.25. The second kappa shape index (κ2) is 7.28. The molecule has 0 fully saturated rings. The standard InChI is InChI=1S/C14H22N2O3S/c1-4-14(5-2,12(17)18)10-15-13(19)16(3)8-11-6-7-20-9-11/h6-7,9H,4-5,8,10H2,1-3H3,(H,15,19)(H,17,18). The molecule has 5 nitrogen and oxygen atoms in total. The SMILES string of the molecule is CCC(CC)(CNC(=O)N(C)Cc1ccsc1)C(=O)O. The summed E-state index contributed by atoms with van der Waals surface area (Å²) in [5.74, 6) is -0.858. The van der Waals surface area contributed by atoms with Gasteiger partial charge in [0, 0.05) is 20.1 Å². The van der Waals surface area contributed by atoms with Crippen LogP contribution < -0.4 is 5.32 Å². The first-order valence-electron chi connectivity index (χ1n) is 6.68. The zero-order chi connectivity index (χ0) is 15.2. The molecule has 1 aromatic rings. The van der Waals surface area contributed by atoms with Gasteiger partial charge in [0.05, 0.1) is 5.41 Å². The van der Waals surface area contributed by atoms with Crippen LogP contribution in [0, 0.1) is 5.41 Å². The molecule has 0 spiro atoms. The first-order valence-corrected chi connectivity index (χ1v) is 7.63. The third kappa shape index (κ3) is 3.96. The van der Waals surface area contributed by atoms with Crippen LogP contribution in [0.1, 0.15) is 32.3 Å². The van der Waals surface area contributed by atoms with E-state index in [0.29, 0.717) is 19.4 Å². The predicted octanol–water partition coefficient (Wildman–Crippen LogP) is 2.78. The van der Waals surface area contributed by atoms with Gasteiger partial charge in [-0.2, -0.15) is 11.3 Å². The predicted molar refractivity (Wildman–Crippen MR) is 79.8 cm³/mol. The molecule has 0 bridgehead atoms. The number of hydrogen-bond acceptors (Lipinski definition) is 3. The topological polar surface area (TPSA) is 69.6 Å². The van der Waals surface area contributed by atoms with Gasteiger partial charge in [0.25, 0.3) is 0 Å². The van der Waals surface area contributed by atoms with Crippen molar-refractivity contribution >= 4 is 23.3 Å². The summed E-state index contributed by atoms with van der Waals surface area (Å²) in [4.78, 5) is 24.9. The summed E-state index contributed by atoms with van der Waals surface area (Å²) in [6.45, 7) is 4.34. The smallest absolute Gasteiger partial charge is 0.317 e. The highest BCUT2D eigenvalue weighted by Gasteiger charge is 2.35. The van der Waals surface area contributed by atoms with E-state index in [4.69, 9.17) is 0 Å². The second-order valence-corrected chi connectivity index (χ2v) is 5.72. The Labute approximate surface area is 123 Å². The van der Waals surface area contributed by atoms with Gasteiger partial charge >= 0.3 is 12.0 Å². The lowest BCUT2D eigenvalue weighted by Crippen LogP contribution is -2.46. The number of thiophene rings is 1. The average molecular weight is 298 g/mol. The van der Waals surface area contributed by atoms with Crippen LogP contribution in [0.3, 0.4) is 0 Å². The van der Waals surface area contributed by atoms with Crippen molar-refractivity contribution in [2.24, 2.45) is 5.41 Å². The summed E-state index contributed by atoms with van der Waals surface area (Å²) in [5, 5.41) is 16.0. The molecular formula is C14H22N2O3S. The van der Waals surface area contributed by atoms with Crippen molar-refractivity contribution < 1.29 is 14.7 Å². The Hall–Kier alpha value is -1.56. The van der Waals surface area contributed by atoms with Gasteiger partial charge < -0.3 is 15.3 Å². The summed E-state index contributed by atoms with van der Waals surface area (Å²) >= 11 is 1.59. The fourth-order valence-electron chi connectivity index (χ4n) is 1.99. The maximum absolute atomic E-state index is 12.0. The summed E-state index contributed by atoms with van der Waals surface area (Å²) in [5.41, 5.74) is 0.196. The van der Waals surface area contributed by atoms with Crippen molar-refractivity contribution in [3.8, 4) is 0 Å². The van der Waals surface area contributed by atoms with Crippen molar-refractivity contribution in [1.82, 2.24) is 10.2 Å². The van der Waals surface area contributed by atoms with Gasteiger partial charge in [-0.1, -0.05) is 13.8 Å². The molecule has 20 heavy (non-hydrogen) atoms. The Bertz CT molecular complexity index is 441. The average Bonchev–Trinajstić information content (AvgIpc) is 2.92. The maximum Gasteiger partial charge on any atom is 0.317 e. The van der Waals surface area contributed by atoms with Crippen molar-refractivity contribution in [2.45, 2.75) is 33.2 Å². The number of amides is 2. The number of carboxylic acid groups (broad SMARTS) is 1. The Morgan fingerprint density at radius 1 is 1.40 bits per heavy atom. The van der Waals surface area contributed by atoms with Crippen molar-refractivity contribution in [1.29, 1.82) is 0 Å². The number of nitrogens with zero attached hydrogens (tertiary/aromatic N) is 1. The molecule has 0 aliphatic carbocycles. The van der Waals surface area contributed by atoms with E-state index < -0.39 is 11.4 Å². The highest BCUT2D eigenvalue weighted by atomic mass is 32.1. The van der Waals surface area contributed by atoms with Crippen LogP contribution in [0.2, 0.25) is 0 Å². The highest BCUT2D eigenvalue weighted by molar-refractivity contribution is 7.07. The van der Waals surface area contributed by atoms with Crippen LogP contribution >= 0.6 is 11.3 Å².